The Bertz CT molecular complexity index is 573. The highest BCUT2D eigenvalue weighted by molar-refractivity contribution is 8.12. The summed E-state index contributed by atoms with van der Waals surface area (Å²) in [6.07, 6.45) is 0.992. The molecule has 1 aromatic carbocycles. The van der Waals surface area contributed by atoms with Gasteiger partial charge in [0, 0.05) is 10.1 Å². The van der Waals surface area contributed by atoms with E-state index in [1.54, 1.807) is 6.07 Å². The van der Waals surface area contributed by atoms with Crippen LogP contribution in [0.25, 0.3) is 4.13 Å². The SMILES string of the molecule is O=S(=O)([N-]S(=O)(=O)C1CC1)c1ccccc1. The van der Waals surface area contributed by atoms with E-state index in [1.807, 2.05) is 0 Å². The van der Waals surface area contributed by atoms with E-state index in [0.29, 0.717) is 12.8 Å². The van der Waals surface area contributed by atoms with Crippen LogP contribution in [0.15, 0.2) is 35.2 Å². The van der Waals surface area contributed by atoms with Crippen molar-refractivity contribution in [3.63, 3.8) is 0 Å². The summed E-state index contributed by atoms with van der Waals surface area (Å²) in [4.78, 5) is -0.0979. The van der Waals surface area contributed by atoms with E-state index in [0.717, 1.165) is 0 Å². The summed E-state index contributed by atoms with van der Waals surface area (Å²) in [5, 5.41) is -0.606. The summed E-state index contributed by atoms with van der Waals surface area (Å²) in [5.74, 6) is 0. The normalized spacial score (nSPS) is 17.2. The van der Waals surface area contributed by atoms with Crippen molar-refractivity contribution >= 4 is 20.0 Å². The van der Waals surface area contributed by atoms with Gasteiger partial charge in [-0.2, -0.15) is 0 Å². The first-order valence-electron chi connectivity index (χ1n) is 4.70. The second kappa shape index (κ2) is 3.83. The third-order valence-corrected chi connectivity index (χ3v) is 5.99. The Hall–Kier alpha value is -0.920. The fourth-order valence-corrected chi connectivity index (χ4v) is 4.36. The summed E-state index contributed by atoms with van der Waals surface area (Å²) in [6, 6.07) is 7.33. The predicted molar refractivity (Wildman–Crippen MR) is 58.9 cm³/mol. The number of nitrogens with zero attached hydrogens (tertiary/aromatic N) is 1. The molecule has 88 valence electrons. The number of hydrogen-bond donors (Lipinski definition) is 0. The van der Waals surface area contributed by atoms with Gasteiger partial charge in [-0.1, -0.05) is 18.2 Å². The Morgan fingerprint density at radius 1 is 1.00 bits per heavy atom. The number of sulfonamides is 2. The maximum atomic E-state index is 11.6. The molecule has 1 aliphatic rings. The minimum atomic E-state index is -4.09. The van der Waals surface area contributed by atoms with Crippen molar-refractivity contribution in [2.75, 3.05) is 0 Å². The van der Waals surface area contributed by atoms with Gasteiger partial charge in [-0.15, -0.1) is 0 Å². The van der Waals surface area contributed by atoms with E-state index in [4.69, 9.17) is 0 Å². The first-order valence-corrected chi connectivity index (χ1v) is 7.64. The maximum absolute atomic E-state index is 11.6. The lowest BCUT2D eigenvalue weighted by Gasteiger charge is -2.20. The van der Waals surface area contributed by atoms with E-state index in [9.17, 15) is 16.8 Å². The lowest BCUT2D eigenvalue weighted by Crippen LogP contribution is -2.11. The van der Waals surface area contributed by atoms with Crippen molar-refractivity contribution < 1.29 is 16.8 Å². The highest BCUT2D eigenvalue weighted by Crippen LogP contribution is 2.34. The van der Waals surface area contributed by atoms with E-state index in [1.165, 1.54) is 24.3 Å². The fourth-order valence-electron chi connectivity index (χ4n) is 1.20. The summed E-state index contributed by atoms with van der Waals surface area (Å²) in [5.41, 5.74) is 0. The highest BCUT2D eigenvalue weighted by Gasteiger charge is 2.31. The van der Waals surface area contributed by atoms with E-state index in [2.05, 4.69) is 4.13 Å². The number of benzene rings is 1. The third-order valence-electron chi connectivity index (χ3n) is 2.19. The summed E-state index contributed by atoms with van der Waals surface area (Å²) in [7, 11) is -7.94. The van der Waals surface area contributed by atoms with Crippen LogP contribution in [0.2, 0.25) is 0 Å². The molecule has 0 amide bonds. The van der Waals surface area contributed by atoms with Crippen LogP contribution in [0.1, 0.15) is 12.8 Å². The van der Waals surface area contributed by atoms with Gasteiger partial charge in [0.2, 0.25) is 0 Å². The Balaban J connectivity index is 2.28. The molecule has 0 bridgehead atoms. The van der Waals surface area contributed by atoms with E-state index >= 15 is 0 Å². The van der Waals surface area contributed by atoms with Gasteiger partial charge in [0.15, 0.2) is 0 Å². The first kappa shape index (κ1) is 11.6. The fraction of sp³-hybridized carbons (Fsp3) is 0.333. The van der Waals surface area contributed by atoms with Gasteiger partial charge in [-0.3, -0.25) is 0 Å². The molecule has 7 heteroatoms. The molecule has 0 aromatic heterocycles. The quantitative estimate of drug-likeness (QED) is 0.815. The van der Waals surface area contributed by atoms with Gasteiger partial charge in [-0.05, 0) is 25.0 Å². The molecule has 0 heterocycles. The molecule has 0 spiro atoms. The minimum Gasteiger partial charge on any atom is -0.432 e. The van der Waals surface area contributed by atoms with Crippen molar-refractivity contribution in [3.8, 4) is 0 Å². The smallest absolute Gasteiger partial charge is 0.112 e. The average Bonchev–Trinajstić information content (AvgIpc) is 3.00. The van der Waals surface area contributed by atoms with Crippen LogP contribution in [0.4, 0.5) is 0 Å². The number of rotatable bonds is 4. The van der Waals surface area contributed by atoms with Gasteiger partial charge in [-0.25, -0.2) is 16.8 Å². The second-order valence-electron chi connectivity index (χ2n) is 3.58. The highest BCUT2D eigenvalue weighted by atomic mass is 32.3. The topological polar surface area (TPSA) is 82.4 Å². The van der Waals surface area contributed by atoms with Gasteiger partial charge in [0.05, 0.1) is 10.0 Å². The molecule has 0 aliphatic heterocycles. The second-order valence-corrected chi connectivity index (χ2v) is 7.29. The molecule has 1 fully saturated rings. The lowest BCUT2D eigenvalue weighted by molar-refractivity contribution is 0.595. The molecule has 0 saturated heterocycles. The zero-order valence-electron chi connectivity index (χ0n) is 8.28. The van der Waals surface area contributed by atoms with Crippen LogP contribution in [0.5, 0.6) is 0 Å². The predicted octanol–water partition coefficient (Wildman–Crippen LogP) is 1.24. The summed E-state index contributed by atoms with van der Waals surface area (Å²) < 4.78 is 49.2. The molecular formula is C9H10NO4S2-. The van der Waals surface area contributed by atoms with Gasteiger partial charge < -0.3 is 4.13 Å². The average molecular weight is 260 g/mol. The Labute approximate surface area is 94.6 Å². The molecule has 0 N–H and O–H groups in total. The molecule has 1 aliphatic carbocycles. The van der Waals surface area contributed by atoms with Crippen molar-refractivity contribution in [2.45, 2.75) is 23.0 Å². The summed E-state index contributed by atoms with van der Waals surface area (Å²) in [6.45, 7) is 0. The van der Waals surface area contributed by atoms with Crippen molar-refractivity contribution in [1.29, 1.82) is 0 Å². The summed E-state index contributed by atoms with van der Waals surface area (Å²) >= 11 is 0. The van der Waals surface area contributed by atoms with Crippen molar-refractivity contribution in [1.82, 2.24) is 0 Å². The van der Waals surface area contributed by atoms with Crippen LogP contribution >= 0.6 is 0 Å². The van der Waals surface area contributed by atoms with Gasteiger partial charge >= 0.3 is 0 Å². The van der Waals surface area contributed by atoms with Gasteiger partial charge in [0.1, 0.15) is 10.0 Å². The molecule has 5 nitrogen and oxygen atoms in total. The minimum absolute atomic E-state index is 0.0979. The molecule has 1 aromatic rings. The monoisotopic (exact) mass is 260 g/mol. The molecule has 2 rings (SSSR count). The van der Waals surface area contributed by atoms with Gasteiger partial charge in [0.25, 0.3) is 0 Å². The van der Waals surface area contributed by atoms with Crippen LogP contribution < -0.4 is 0 Å². The Morgan fingerprint density at radius 3 is 2.06 bits per heavy atom. The van der Waals surface area contributed by atoms with Crippen LogP contribution in [0.3, 0.4) is 0 Å². The largest absolute Gasteiger partial charge is 0.432 e. The first-order chi connectivity index (χ1) is 7.42. The third kappa shape index (κ3) is 2.42. The van der Waals surface area contributed by atoms with Crippen molar-refractivity contribution in [3.05, 3.63) is 34.5 Å². The molecule has 0 atom stereocenters. The van der Waals surface area contributed by atoms with E-state index in [-0.39, 0.29) is 4.90 Å². The Morgan fingerprint density at radius 2 is 1.56 bits per heavy atom. The van der Waals surface area contributed by atoms with Crippen LogP contribution in [-0.4, -0.2) is 22.1 Å². The standard InChI is InChI=1S/C9H10NO4S2/c11-15(12,8-4-2-1-3-5-8)10-16(13,14)9-6-7-9/h1-5,9H,6-7H2/q-1. The molecule has 1 saturated carbocycles. The van der Waals surface area contributed by atoms with E-state index < -0.39 is 25.3 Å². The molecule has 16 heavy (non-hydrogen) atoms. The van der Waals surface area contributed by atoms with Crippen LogP contribution in [0, 0.1) is 0 Å². The molecular weight excluding hydrogens is 250 g/mol. The lowest BCUT2D eigenvalue weighted by atomic mass is 10.4. The molecule has 0 unspecified atom stereocenters. The number of hydrogen-bond acceptors (Lipinski definition) is 4. The Kier molecular flexibility index (Phi) is 2.77. The van der Waals surface area contributed by atoms with Crippen molar-refractivity contribution in [2.24, 2.45) is 0 Å². The zero-order chi connectivity index (χ0) is 11.8. The van der Waals surface area contributed by atoms with Crippen LogP contribution in [-0.2, 0) is 20.0 Å². The zero-order valence-corrected chi connectivity index (χ0v) is 9.91. The molecule has 0 radical (unpaired) electrons. The maximum Gasteiger partial charge on any atom is 0.112 e.